The van der Waals surface area contributed by atoms with E-state index in [0.717, 1.165) is 0 Å². The van der Waals surface area contributed by atoms with Crippen molar-refractivity contribution >= 4 is 64.0 Å². The van der Waals surface area contributed by atoms with Crippen LogP contribution >= 0.6 is 22.6 Å². The van der Waals surface area contributed by atoms with Crippen molar-refractivity contribution in [3.8, 4) is 0 Å². The number of carboxylic acids is 5. The molecule has 0 radical (unpaired) electrons. The van der Waals surface area contributed by atoms with Gasteiger partial charge in [0.25, 0.3) is 0 Å². The van der Waals surface area contributed by atoms with E-state index in [2.05, 4.69) is 10.6 Å². The average molecular weight is 694 g/mol. The van der Waals surface area contributed by atoms with Gasteiger partial charge in [-0.3, -0.25) is 34.3 Å². The molecule has 0 aromatic heterocycles. The predicted molar refractivity (Wildman–Crippen MR) is 153 cm³/mol. The van der Waals surface area contributed by atoms with Crippen molar-refractivity contribution in [3.05, 3.63) is 29.8 Å². The molecule has 16 heteroatoms. The zero-order valence-corrected chi connectivity index (χ0v) is 24.7. The summed E-state index contributed by atoms with van der Waals surface area (Å²) in [6.07, 6.45) is 0.0955. The Balaban J connectivity index is 3.24. The number of hydrogen-bond donors (Lipinski definition) is 7. The number of amides is 1. The minimum absolute atomic E-state index is 0.0168. The molecular formula is C25H35IN4O11. The highest BCUT2D eigenvalue weighted by atomic mass is 127. The quantitative estimate of drug-likeness (QED) is 0.0540. The third kappa shape index (κ3) is 14.7. The summed E-state index contributed by atoms with van der Waals surface area (Å²) >= 11 is 1.91. The molecule has 1 unspecified atom stereocenters. The van der Waals surface area contributed by atoms with Crippen molar-refractivity contribution in [1.82, 2.24) is 15.1 Å². The topological polar surface area (TPSA) is 234 Å². The lowest BCUT2D eigenvalue weighted by atomic mass is 9.91. The van der Waals surface area contributed by atoms with Gasteiger partial charge in [-0.15, -0.1) is 0 Å². The van der Waals surface area contributed by atoms with Gasteiger partial charge in [0.2, 0.25) is 11.9 Å². The SMILES string of the molecule is CC(C)(CN(CC(=O)O)CC(=O)O)CN(CC(=O)O)CC(Cc1ccc(NC(=O)CI)cc1)NC(C(=O)O)C(=O)O. The number of carboxylic acid groups (broad SMARTS) is 5. The minimum Gasteiger partial charge on any atom is -0.480 e. The molecule has 0 saturated heterocycles. The van der Waals surface area contributed by atoms with Crippen LogP contribution in [-0.4, -0.2) is 127 Å². The van der Waals surface area contributed by atoms with Gasteiger partial charge < -0.3 is 30.8 Å². The molecule has 0 aliphatic carbocycles. The Morgan fingerprint density at radius 3 is 1.71 bits per heavy atom. The largest absolute Gasteiger partial charge is 0.480 e. The molecule has 0 bridgehead atoms. The van der Waals surface area contributed by atoms with Crippen molar-refractivity contribution in [2.45, 2.75) is 32.4 Å². The fourth-order valence-corrected chi connectivity index (χ4v) is 4.55. The highest BCUT2D eigenvalue weighted by molar-refractivity contribution is 14.1. The highest BCUT2D eigenvalue weighted by Gasteiger charge is 2.32. The van der Waals surface area contributed by atoms with Crippen LogP contribution in [0.25, 0.3) is 0 Å². The molecule has 1 atom stereocenters. The molecule has 0 fully saturated rings. The van der Waals surface area contributed by atoms with Gasteiger partial charge in [-0.1, -0.05) is 48.6 Å². The van der Waals surface area contributed by atoms with Gasteiger partial charge in [-0.2, -0.15) is 0 Å². The zero-order valence-electron chi connectivity index (χ0n) is 22.6. The first-order valence-corrected chi connectivity index (χ1v) is 13.8. The van der Waals surface area contributed by atoms with Crippen molar-refractivity contribution in [2.75, 3.05) is 49.0 Å². The summed E-state index contributed by atoms with van der Waals surface area (Å²) in [6, 6.07) is 3.72. The van der Waals surface area contributed by atoms with Crippen LogP contribution in [0.15, 0.2) is 24.3 Å². The Morgan fingerprint density at radius 1 is 0.805 bits per heavy atom. The first kappa shape index (κ1) is 35.7. The summed E-state index contributed by atoms with van der Waals surface area (Å²) in [5, 5.41) is 51.9. The Bertz CT molecular complexity index is 1070. The maximum absolute atomic E-state index is 11.7. The number of carbonyl (C=O) groups is 6. The van der Waals surface area contributed by atoms with Crippen LogP contribution in [0.3, 0.4) is 0 Å². The first-order valence-electron chi connectivity index (χ1n) is 12.3. The van der Waals surface area contributed by atoms with Crippen molar-refractivity contribution in [3.63, 3.8) is 0 Å². The van der Waals surface area contributed by atoms with E-state index in [4.69, 9.17) is 10.2 Å². The van der Waals surface area contributed by atoms with Gasteiger partial charge in [-0.05, 0) is 29.5 Å². The lowest BCUT2D eigenvalue weighted by molar-refractivity contribution is -0.152. The van der Waals surface area contributed by atoms with Crippen LogP contribution in [0, 0.1) is 5.41 Å². The molecule has 0 aliphatic heterocycles. The summed E-state index contributed by atoms with van der Waals surface area (Å²) < 4.78 is 0.247. The molecule has 1 aromatic carbocycles. The molecule has 0 aliphatic rings. The third-order valence-electron chi connectivity index (χ3n) is 5.60. The molecule has 15 nitrogen and oxygen atoms in total. The highest BCUT2D eigenvalue weighted by Crippen LogP contribution is 2.20. The first-order chi connectivity index (χ1) is 19.0. The second-order valence-electron chi connectivity index (χ2n) is 10.2. The minimum atomic E-state index is -1.98. The van der Waals surface area contributed by atoms with Crippen LogP contribution in [0.4, 0.5) is 5.69 Å². The second kappa shape index (κ2) is 16.8. The van der Waals surface area contributed by atoms with Crippen LogP contribution in [0.1, 0.15) is 19.4 Å². The van der Waals surface area contributed by atoms with E-state index in [1.54, 1.807) is 38.1 Å². The number of anilines is 1. The number of rotatable bonds is 20. The number of carbonyl (C=O) groups excluding carboxylic acids is 1. The van der Waals surface area contributed by atoms with Gasteiger partial charge >= 0.3 is 29.8 Å². The van der Waals surface area contributed by atoms with Crippen LogP contribution in [0.2, 0.25) is 0 Å². The average Bonchev–Trinajstić information content (AvgIpc) is 2.81. The van der Waals surface area contributed by atoms with Crippen molar-refractivity contribution in [1.29, 1.82) is 0 Å². The predicted octanol–water partition coefficient (Wildman–Crippen LogP) is -0.0174. The van der Waals surface area contributed by atoms with Gasteiger partial charge in [0.05, 0.1) is 24.1 Å². The molecule has 41 heavy (non-hydrogen) atoms. The second-order valence-corrected chi connectivity index (χ2v) is 11.0. The zero-order chi connectivity index (χ0) is 31.3. The number of nitrogens with zero attached hydrogens (tertiary/aromatic N) is 2. The summed E-state index contributed by atoms with van der Waals surface area (Å²) in [5.41, 5.74) is 0.339. The maximum atomic E-state index is 11.7. The molecule has 0 heterocycles. The van der Waals surface area contributed by atoms with Crippen LogP contribution in [0.5, 0.6) is 0 Å². The lowest BCUT2D eigenvalue weighted by Crippen LogP contribution is -2.55. The van der Waals surface area contributed by atoms with E-state index in [0.29, 0.717) is 11.3 Å². The molecule has 228 valence electrons. The van der Waals surface area contributed by atoms with E-state index in [1.807, 2.05) is 22.6 Å². The number of hydrogen-bond acceptors (Lipinski definition) is 9. The molecule has 1 amide bonds. The Morgan fingerprint density at radius 2 is 1.27 bits per heavy atom. The molecular weight excluding hydrogens is 659 g/mol. The van der Waals surface area contributed by atoms with Gasteiger partial charge in [0.1, 0.15) is 0 Å². The fraction of sp³-hybridized carbons (Fsp3) is 0.520. The van der Waals surface area contributed by atoms with E-state index < -0.39 is 67.0 Å². The monoisotopic (exact) mass is 694 g/mol. The van der Waals surface area contributed by atoms with Crippen LogP contribution < -0.4 is 10.6 Å². The summed E-state index contributed by atoms with van der Waals surface area (Å²) in [6.45, 7) is 1.68. The Hall–Kier alpha value is -3.35. The molecule has 1 aromatic rings. The molecule has 1 rings (SSSR count). The maximum Gasteiger partial charge on any atom is 0.332 e. The standard InChI is InChI=1S/C25H35IN4O11/c1-25(2,14-30(11-20(34)35)12-21(36)37)13-29(10-19(32)33)9-17(28-22(23(38)39)24(40)41)7-15-3-5-16(6-4-15)27-18(31)8-26/h3-6,17,22,28H,7-14H2,1-2H3,(H,27,31)(H,32,33)(H,34,35)(H,36,37)(H,38,39)(H,40,41). The lowest BCUT2D eigenvalue weighted by Gasteiger charge is -2.37. The number of alkyl halides is 1. The van der Waals surface area contributed by atoms with Gasteiger partial charge in [0.15, 0.2) is 0 Å². The van der Waals surface area contributed by atoms with Gasteiger partial charge in [0, 0.05) is 31.4 Å². The Labute approximate surface area is 249 Å². The van der Waals surface area contributed by atoms with Crippen molar-refractivity contribution < 1.29 is 54.3 Å². The van der Waals surface area contributed by atoms with Gasteiger partial charge in [-0.25, -0.2) is 9.59 Å². The summed E-state index contributed by atoms with van der Waals surface area (Å²) in [4.78, 5) is 71.6. The smallest absolute Gasteiger partial charge is 0.332 e. The van der Waals surface area contributed by atoms with Crippen LogP contribution in [-0.2, 0) is 35.2 Å². The third-order valence-corrected chi connectivity index (χ3v) is 6.29. The van der Waals surface area contributed by atoms with E-state index >= 15 is 0 Å². The summed E-state index contributed by atoms with van der Waals surface area (Å²) in [7, 11) is 0. The number of halogens is 1. The van der Waals surface area contributed by atoms with E-state index in [-0.39, 0.29) is 36.4 Å². The van der Waals surface area contributed by atoms with E-state index in [1.165, 1.54) is 9.80 Å². The number of benzene rings is 1. The normalized spacial score (nSPS) is 12.3. The summed E-state index contributed by atoms with van der Waals surface area (Å²) in [5.74, 6) is -7.16. The van der Waals surface area contributed by atoms with Crippen molar-refractivity contribution in [2.24, 2.45) is 5.41 Å². The molecule has 0 spiro atoms. The molecule has 0 saturated carbocycles. The fourth-order valence-electron chi connectivity index (χ4n) is 4.36. The Kier molecular flexibility index (Phi) is 14.6. The number of aliphatic carboxylic acids is 5. The molecule has 7 N–H and O–H groups in total. The number of nitrogens with one attached hydrogen (secondary N) is 2. The van der Waals surface area contributed by atoms with E-state index in [9.17, 15) is 44.1 Å².